The Kier molecular flexibility index (Phi) is 6.92. The quantitative estimate of drug-likeness (QED) is 0.651. The van der Waals surface area contributed by atoms with Gasteiger partial charge in [0.25, 0.3) is 0 Å². The van der Waals surface area contributed by atoms with E-state index in [0.717, 1.165) is 16.7 Å². The molecule has 0 aromatic heterocycles. The minimum Gasteiger partial charge on any atom is -0.507 e. The first kappa shape index (κ1) is 22.0. The number of benzene rings is 2. The van der Waals surface area contributed by atoms with Gasteiger partial charge in [-0.3, -0.25) is 4.79 Å². The van der Waals surface area contributed by atoms with Crippen molar-refractivity contribution in [2.45, 2.75) is 71.6 Å². The average molecular weight is 383 g/mol. The zero-order chi connectivity index (χ0) is 20.9. The third kappa shape index (κ3) is 6.12. The van der Waals surface area contributed by atoms with E-state index in [4.69, 9.17) is 4.74 Å². The molecular weight excluding hydrogens is 348 g/mol. The second-order valence-corrected chi connectivity index (χ2v) is 9.49. The van der Waals surface area contributed by atoms with E-state index in [1.807, 2.05) is 36.4 Å². The second kappa shape index (κ2) is 8.81. The lowest BCUT2D eigenvalue weighted by Crippen LogP contribution is -2.18. The Morgan fingerprint density at radius 1 is 0.929 bits per heavy atom. The van der Waals surface area contributed by atoms with Gasteiger partial charge < -0.3 is 9.84 Å². The van der Waals surface area contributed by atoms with Crippen LogP contribution >= 0.6 is 0 Å². The Morgan fingerprint density at radius 3 is 2.14 bits per heavy atom. The maximum absolute atomic E-state index is 12.2. The fourth-order valence-corrected chi connectivity index (χ4v) is 3.13. The van der Waals surface area contributed by atoms with E-state index in [1.165, 1.54) is 5.56 Å². The van der Waals surface area contributed by atoms with E-state index in [-0.39, 0.29) is 23.2 Å². The number of rotatable bonds is 6. The summed E-state index contributed by atoms with van der Waals surface area (Å²) in [7, 11) is 0. The van der Waals surface area contributed by atoms with Crippen molar-refractivity contribution in [3.8, 4) is 5.75 Å². The van der Waals surface area contributed by atoms with Crippen LogP contribution in [0.2, 0.25) is 0 Å². The molecule has 152 valence electrons. The molecule has 3 nitrogen and oxygen atoms in total. The summed E-state index contributed by atoms with van der Waals surface area (Å²) >= 11 is 0. The maximum atomic E-state index is 12.2. The lowest BCUT2D eigenvalue weighted by molar-refractivity contribution is -0.143. The minimum absolute atomic E-state index is 0.0291. The third-order valence-corrected chi connectivity index (χ3v) is 4.96. The van der Waals surface area contributed by atoms with Crippen LogP contribution in [0.25, 0.3) is 0 Å². The highest BCUT2D eigenvalue weighted by molar-refractivity contribution is 5.70. The van der Waals surface area contributed by atoms with E-state index in [2.05, 4.69) is 47.6 Å². The van der Waals surface area contributed by atoms with Gasteiger partial charge >= 0.3 is 5.97 Å². The SMILES string of the molecule is CC(C)(C)c1cc(CCC(=O)OCCc2ccccc2)c(O)c(C(C)(C)C)c1. The number of hydrogen-bond donors (Lipinski definition) is 1. The molecule has 0 unspecified atom stereocenters. The molecular formula is C25H34O3. The molecule has 0 amide bonds. The zero-order valence-corrected chi connectivity index (χ0v) is 18.1. The molecule has 2 aromatic carbocycles. The van der Waals surface area contributed by atoms with Gasteiger partial charge in [0, 0.05) is 12.8 Å². The monoisotopic (exact) mass is 382 g/mol. The highest BCUT2D eigenvalue weighted by atomic mass is 16.5. The summed E-state index contributed by atoms with van der Waals surface area (Å²) in [5, 5.41) is 10.8. The van der Waals surface area contributed by atoms with Crippen LogP contribution in [0.1, 0.15) is 70.2 Å². The van der Waals surface area contributed by atoms with Gasteiger partial charge in [0.05, 0.1) is 6.61 Å². The highest BCUT2D eigenvalue weighted by Crippen LogP contribution is 2.38. The van der Waals surface area contributed by atoms with Crippen LogP contribution in [0.15, 0.2) is 42.5 Å². The standard InChI is InChI=1S/C25H34O3/c1-24(2,3)20-16-19(23(27)21(17-20)25(4,5)6)12-13-22(26)28-15-14-18-10-8-7-9-11-18/h7-11,16-17,27H,12-15H2,1-6H3. The fourth-order valence-electron chi connectivity index (χ4n) is 3.13. The first-order valence-electron chi connectivity index (χ1n) is 10.0. The Morgan fingerprint density at radius 2 is 1.57 bits per heavy atom. The van der Waals surface area contributed by atoms with Crippen LogP contribution in [-0.4, -0.2) is 17.7 Å². The molecule has 2 rings (SSSR count). The zero-order valence-electron chi connectivity index (χ0n) is 18.1. The van der Waals surface area contributed by atoms with Crippen molar-refractivity contribution in [3.05, 3.63) is 64.7 Å². The molecule has 2 aromatic rings. The largest absolute Gasteiger partial charge is 0.507 e. The first-order chi connectivity index (χ1) is 13.0. The van der Waals surface area contributed by atoms with Gasteiger partial charge in [-0.1, -0.05) is 84.0 Å². The Bertz CT molecular complexity index is 793. The van der Waals surface area contributed by atoms with Crippen molar-refractivity contribution in [2.75, 3.05) is 6.61 Å². The van der Waals surface area contributed by atoms with Gasteiger partial charge in [-0.25, -0.2) is 0 Å². The molecule has 0 aliphatic carbocycles. The van der Waals surface area contributed by atoms with E-state index in [0.29, 0.717) is 25.2 Å². The number of phenols is 1. The lowest BCUT2D eigenvalue weighted by atomic mass is 9.78. The van der Waals surface area contributed by atoms with Gasteiger partial charge in [0.1, 0.15) is 5.75 Å². The number of carbonyl (C=O) groups is 1. The van der Waals surface area contributed by atoms with Crippen molar-refractivity contribution in [2.24, 2.45) is 0 Å². The Balaban J connectivity index is 2.05. The summed E-state index contributed by atoms with van der Waals surface area (Å²) in [5.74, 6) is 0.0754. The summed E-state index contributed by atoms with van der Waals surface area (Å²) in [5.41, 5.74) is 3.86. The number of phenolic OH excluding ortho intramolecular Hbond substituents is 1. The van der Waals surface area contributed by atoms with Gasteiger partial charge in [0.15, 0.2) is 0 Å². The van der Waals surface area contributed by atoms with Crippen LogP contribution in [0, 0.1) is 0 Å². The molecule has 0 atom stereocenters. The molecule has 0 radical (unpaired) electrons. The number of hydrogen-bond acceptors (Lipinski definition) is 3. The van der Waals surface area contributed by atoms with Crippen molar-refractivity contribution in [1.82, 2.24) is 0 Å². The number of esters is 1. The average Bonchev–Trinajstić information content (AvgIpc) is 2.59. The molecule has 0 saturated heterocycles. The summed E-state index contributed by atoms with van der Waals surface area (Å²) in [6, 6.07) is 14.1. The number of carbonyl (C=O) groups excluding carboxylic acids is 1. The van der Waals surface area contributed by atoms with Crippen LogP contribution in [0.5, 0.6) is 5.75 Å². The highest BCUT2D eigenvalue weighted by Gasteiger charge is 2.25. The molecule has 0 aliphatic heterocycles. The molecule has 0 saturated carbocycles. The molecule has 3 heteroatoms. The Labute approximate surface area is 169 Å². The van der Waals surface area contributed by atoms with Gasteiger partial charge in [-0.05, 0) is 39.5 Å². The maximum Gasteiger partial charge on any atom is 0.306 e. The van der Waals surface area contributed by atoms with Crippen molar-refractivity contribution in [3.63, 3.8) is 0 Å². The number of ether oxygens (including phenoxy) is 1. The third-order valence-electron chi connectivity index (χ3n) is 4.96. The fraction of sp³-hybridized carbons (Fsp3) is 0.480. The van der Waals surface area contributed by atoms with E-state index >= 15 is 0 Å². The summed E-state index contributed by atoms with van der Waals surface area (Å²) < 4.78 is 5.38. The van der Waals surface area contributed by atoms with E-state index < -0.39 is 0 Å². The van der Waals surface area contributed by atoms with Gasteiger partial charge in [0.2, 0.25) is 0 Å². The predicted molar refractivity (Wildman–Crippen MR) is 115 cm³/mol. The molecule has 0 bridgehead atoms. The summed E-state index contributed by atoms with van der Waals surface area (Å²) in [6.07, 6.45) is 1.45. The van der Waals surface area contributed by atoms with Gasteiger partial charge in [-0.2, -0.15) is 0 Å². The van der Waals surface area contributed by atoms with Crippen molar-refractivity contribution >= 4 is 5.97 Å². The summed E-state index contributed by atoms with van der Waals surface area (Å²) in [6.45, 7) is 13.1. The molecule has 0 spiro atoms. The predicted octanol–water partition coefficient (Wildman–Crippen LogP) is 5.71. The van der Waals surface area contributed by atoms with Crippen LogP contribution in [0.3, 0.4) is 0 Å². The normalized spacial score (nSPS) is 12.1. The molecule has 28 heavy (non-hydrogen) atoms. The number of aromatic hydroxyl groups is 1. The minimum atomic E-state index is -0.228. The Hall–Kier alpha value is -2.29. The first-order valence-corrected chi connectivity index (χ1v) is 10.0. The van der Waals surface area contributed by atoms with Crippen LogP contribution < -0.4 is 0 Å². The second-order valence-electron chi connectivity index (χ2n) is 9.49. The molecule has 0 fully saturated rings. The van der Waals surface area contributed by atoms with E-state index in [1.54, 1.807) is 0 Å². The molecule has 0 heterocycles. The van der Waals surface area contributed by atoms with Crippen molar-refractivity contribution < 1.29 is 14.6 Å². The van der Waals surface area contributed by atoms with Crippen LogP contribution in [0.4, 0.5) is 0 Å². The molecule has 0 aliphatic rings. The van der Waals surface area contributed by atoms with Crippen LogP contribution in [-0.2, 0) is 33.2 Å². The molecule has 1 N–H and O–H groups in total. The smallest absolute Gasteiger partial charge is 0.306 e. The van der Waals surface area contributed by atoms with Gasteiger partial charge in [-0.15, -0.1) is 0 Å². The van der Waals surface area contributed by atoms with E-state index in [9.17, 15) is 9.90 Å². The lowest BCUT2D eigenvalue weighted by Gasteiger charge is -2.27. The summed E-state index contributed by atoms with van der Waals surface area (Å²) in [4.78, 5) is 12.2. The van der Waals surface area contributed by atoms with Crippen molar-refractivity contribution in [1.29, 1.82) is 0 Å². The number of aryl methyl sites for hydroxylation is 1. The topological polar surface area (TPSA) is 46.5 Å².